The van der Waals surface area contributed by atoms with Crippen molar-refractivity contribution in [1.82, 2.24) is 0 Å². The Bertz CT molecular complexity index is 4660. The number of fused-ring (bicyclic) bond motifs is 7. The van der Waals surface area contributed by atoms with Crippen LogP contribution in [-0.4, -0.2) is 260 Å². The van der Waals surface area contributed by atoms with E-state index in [0.29, 0.717) is 67.8 Å². The van der Waals surface area contributed by atoms with Crippen molar-refractivity contribution < 1.29 is 177 Å². The Kier molecular flexibility index (Phi) is 43.7. The topological polar surface area (TPSA) is 318 Å². The number of rotatable bonds is 22. The normalized spacial score (nSPS) is 40.5. The van der Waals surface area contributed by atoms with Gasteiger partial charge in [-0.05, 0) is 240 Å². The van der Waals surface area contributed by atoms with E-state index in [-0.39, 0.29) is 262 Å². The molecule has 39 atom stereocenters. The first-order valence-corrected chi connectivity index (χ1v) is 62.6. The Labute approximate surface area is 929 Å². The summed E-state index contributed by atoms with van der Waals surface area (Å²) in [7, 11) is -3.75. The average Bonchev–Trinajstić information content (AvgIpc) is 1.55. The SMILES string of the molecule is C1CCOC1.C=C1C[C@@H]2CC[C@@]34C[C@H]5O[C@H]6[C@@H](O3)[C@H]3O[C@H](CC[C@@H]3O[C@H]6C5O4)CC(=O)C(c3ccccc3)[C@@H]3[C@@H](C)[C@@H](C[C@H](C)CO[Si](C)(C)C(C)(C)C)O[C@H]3CC3O[C@@H](CCC1O2)C[C@@H](C)C3=C.C=C1C[C@H](CC[C@@]23C[C@H]4O[C@H]5[C@@H](O2)[C@H]2O[C@@H](CC)CC[C@@H]2O[C@H]5C4O3)OC1CC[C@H]1C[C@@H](C)C(=C)C(C[C@@H]2O[C@H](C[C@H](C)CO[Si](C)(C)C(C)(C)C)[C@H](C)[C@H]2Cc2ccccc2)O1.CC(C)(C)[O-].O=C=O.O=S=O.O=S=O.[K+]. The first kappa shape index (κ1) is 121. The Hall–Kier alpha value is -2.64. The van der Waals surface area contributed by atoms with Gasteiger partial charge in [0.2, 0.25) is 0 Å². The Balaban J connectivity index is 0.000000208. The number of ether oxygens (including phenoxy) is 17. The van der Waals surface area contributed by atoms with Crippen LogP contribution in [0.4, 0.5) is 0 Å². The summed E-state index contributed by atoms with van der Waals surface area (Å²) < 4.78 is 162. The van der Waals surface area contributed by atoms with Gasteiger partial charge in [-0.25, -0.2) is 0 Å². The van der Waals surface area contributed by atoms with Crippen LogP contribution in [0.3, 0.4) is 0 Å². The zero-order valence-electron chi connectivity index (χ0n) is 92.2. The largest absolute Gasteiger partial charge is 1.00 e. The quantitative estimate of drug-likeness (QED) is 0.0781. The zero-order chi connectivity index (χ0) is 105. The Morgan fingerprint density at radius 1 is 0.497 bits per heavy atom. The molecule has 0 aliphatic carbocycles. The fourth-order valence-corrected chi connectivity index (χ4v) is 28.3. The molecule has 20 saturated heterocycles. The number of hydrogen-bond donors (Lipinski definition) is 0. The van der Waals surface area contributed by atoms with Gasteiger partial charge < -0.3 is 94.5 Å². The molecule has 20 fully saturated rings. The van der Waals surface area contributed by atoms with Gasteiger partial charge in [-0.3, -0.25) is 4.79 Å². The van der Waals surface area contributed by atoms with Crippen molar-refractivity contribution in [2.75, 3.05) is 26.4 Å². The van der Waals surface area contributed by atoms with Crippen LogP contribution in [0.5, 0.6) is 0 Å². The maximum atomic E-state index is 15.4. The van der Waals surface area contributed by atoms with E-state index < -0.39 is 57.0 Å². The molecule has 2 aromatic carbocycles. The first-order chi connectivity index (χ1) is 69.2. The molecule has 0 saturated carbocycles. The Morgan fingerprint density at radius 3 is 1.61 bits per heavy atom. The number of hydrogen-bond acceptors (Lipinski definition) is 27. The average molecular weight is 2150 g/mol. The van der Waals surface area contributed by atoms with Gasteiger partial charge in [0, 0.05) is 83.2 Å². The van der Waals surface area contributed by atoms with Crippen molar-refractivity contribution in [3.8, 4) is 0 Å². The van der Waals surface area contributed by atoms with E-state index in [9.17, 15) is 5.11 Å². The van der Waals surface area contributed by atoms with Crippen LogP contribution >= 0.6 is 0 Å². The summed E-state index contributed by atoms with van der Waals surface area (Å²) in [5.74, 6) is 0.657. The zero-order valence-corrected chi connectivity index (χ0v) is 99.0. The van der Waals surface area contributed by atoms with Crippen LogP contribution in [0.2, 0.25) is 36.3 Å². The third kappa shape index (κ3) is 30.1. The standard InChI is InChI=1S/C53H78O10Si.C53H82O9Si.C4H8O.C4H9O.CO2.K.2O2S/c1-29(28-55-64(9,10)52(6,7)8)22-41-33(5)45-43(59-41)26-42-32(4)30(2)23-35(57-42)16-18-39-31(3)24-37(56-39)20-21-53-27-44-48(62-53)49-50(61-44)51(63-53)47-40(60-49)19-17-36(58-47)25-38(54)46(45)34-14-12-11-13-15-34;1-12-37-18-21-42-47(57-37)51-50-49(59-42)48-46(60-50)29-53(61-48,62-51)23-22-39-26-33(4)41(55-39)20-19-38-25-32(3)34(5)44(56-38)28-45-40(27-36-16-14-13-15-17-36)35(6)43(58-45)24-31(2)30-54-63(10,11)52(7,8)9;1-2-4-5-3-1;1-4(2,3)5;2-1-3;;2*1-3-2/h11-15,29-30,33,35-37,39-51H,3-4,16-28H2,1-2,5-10H3;13-17,31-32,35,37-51H,4-5,12,18-30H2,1-3,6-11H3;1-4H2;1-3H3;;;;/q;;;-1;;+1;;/t29-,30+,33-,35-,36+,37-,39?,40-,41+,42?,43-,44+,45+,46?,47-,48?,49-,50+,51-,53-;31-,32+,35+,37-,38-,39-,40+,41?,42-,43+,44?,45-,46+,47-,48?,49-,50+,51-,53-;;;;;;/m00....../s1. The number of Topliss-reactive ketones (excluding diaryl/α,β-unsaturated/α-hetero) is 1. The summed E-state index contributed by atoms with van der Waals surface area (Å²) in [5.41, 5.74) is 6.38. The van der Waals surface area contributed by atoms with Gasteiger partial charge >= 0.3 is 80.7 Å². The maximum absolute atomic E-state index is 15.4. The molecule has 820 valence electrons. The van der Waals surface area contributed by atoms with Gasteiger partial charge in [0.15, 0.2) is 28.2 Å². The van der Waals surface area contributed by atoms with Crippen LogP contribution in [0.25, 0.3) is 0 Å². The summed E-state index contributed by atoms with van der Waals surface area (Å²) in [4.78, 5) is 31.7. The van der Waals surface area contributed by atoms with Gasteiger partial charge in [-0.1, -0.05) is 198 Å². The summed E-state index contributed by atoms with van der Waals surface area (Å²) in [6.45, 7) is 66.2. The smallest absolute Gasteiger partial charge is 0.850 e. The molecule has 27 nitrogen and oxygen atoms in total. The molecular weight excluding hydrogens is 1970 g/mol. The van der Waals surface area contributed by atoms with E-state index in [1.54, 1.807) is 20.8 Å². The molecule has 0 N–H and O–H groups in total. The van der Waals surface area contributed by atoms with E-state index in [4.69, 9.17) is 116 Å². The molecule has 32 heteroatoms. The molecule has 22 rings (SSSR count). The van der Waals surface area contributed by atoms with Gasteiger partial charge in [-0.2, -0.15) is 26.4 Å². The monoisotopic (exact) mass is 2150 g/mol. The molecule has 0 amide bonds. The first-order valence-electron chi connectivity index (χ1n) is 55.5. The number of benzene rings is 2. The predicted molar refractivity (Wildman–Crippen MR) is 557 cm³/mol. The minimum absolute atomic E-state index is 0. The van der Waals surface area contributed by atoms with Crippen LogP contribution in [0, 0.1) is 47.3 Å². The summed E-state index contributed by atoms with van der Waals surface area (Å²) in [5, 5.41) is 10.4. The van der Waals surface area contributed by atoms with Crippen LogP contribution in [0.1, 0.15) is 295 Å². The molecule has 7 unspecified atom stereocenters. The minimum atomic E-state index is -1.93. The molecular formula is C115H177KO27S2Si2. The van der Waals surface area contributed by atoms with Gasteiger partial charge in [0.25, 0.3) is 0 Å². The molecule has 2 aromatic rings. The van der Waals surface area contributed by atoms with E-state index in [0.717, 1.165) is 166 Å². The molecule has 0 aromatic heterocycles. The fourth-order valence-electron chi connectivity index (χ4n) is 26.0. The number of ketones is 1. The third-order valence-corrected chi connectivity index (χ3v) is 45.1. The van der Waals surface area contributed by atoms with E-state index in [1.807, 2.05) is 6.07 Å². The minimum Gasteiger partial charge on any atom is -0.850 e. The third-order valence-electron chi connectivity index (χ3n) is 36.1. The van der Waals surface area contributed by atoms with Gasteiger partial charge in [0.05, 0.1) is 110 Å². The molecule has 18 bridgehead atoms. The van der Waals surface area contributed by atoms with Crippen LogP contribution < -0.4 is 56.5 Å². The summed E-state index contributed by atoms with van der Waals surface area (Å²) in [6.07, 6.45) is 22.2. The van der Waals surface area contributed by atoms with Crippen LogP contribution in [-0.2, 0) is 133 Å². The van der Waals surface area contributed by atoms with Crippen molar-refractivity contribution in [1.29, 1.82) is 0 Å². The number of carbonyl (C=O) groups excluding carboxylic acids is 3. The second-order valence-electron chi connectivity index (χ2n) is 50.1. The van der Waals surface area contributed by atoms with Crippen molar-refractivity contribution >= 4 is 51.7 Å². The molecule has 20 aliphatic rings. The fraction of sp³-hybridized carbons (Fsp3) is 0.809. The summed E-state index contributed by atoms with van der Waals surface area (Å²) in [6, 6.07) is 21.4. The van der Waals surface area contributed by atoms with E-state index in [1.165, 1.54) is 35.1 Å². The molecule has 20 aliphatic heterocycles. The van der Waals surface area contributed by atoms with Gasteiger partial charge in [-0.15, -0.1) is 5.60 Å². The van der Waals surface area contributed by atoms with Crippen molar-refractivity contribution in [3.05, 3.63) is 120 Å². The Morgan fingerprint density at radius 2 is 1.01 bits per heavy atom. The maximum Gasteiger partial charge on any atom is 1.00 e. The molecule has 20 heterocycles. The molecule has 1 spiro atoms. The predicted octanol–water partition coefficient (Wildman–Crippen LogP) is 16.5. The van der Waals surface area contributed by atoms with Gasteiger partial charge in [0.1, 0.15) is 66.8 Å². The van der Waals surface area contributed by atoms with Crippen molar-refractivity contribution in [2.24, 2.45) is 47.3 Å². The molecule has 0 radical (unpaired) electrons. The van der Waals surface area contributed by atoms with Crippen LogP contribution in [0.15, 0.2) is 109 Å². The van der Waals surface area contributed by atoms with E-state index >= 15 is 4.79 Å². The van der Waals surface area contributed by atoms with Crippen molar-refractivity contribution in [3.63, 3.8) is 0 Å². The second-order valence-corrected chi connectivity index (χ2v) is 60.0. The summed E-state index contributed by atoms with van der Waals surface area (Å²) >= 11 is -1.50. The van der Waals surface area contributed by atoms with Crippen molar-refractivity contribution in [2.45, 2.75) is 514 Å². The van der Waals surface area contributed by atoms with E-state index in [2.05, 4.69) is 197 Å². The number of carbonyl (C=O) groups is 1. The molecule has 147 heavy (non-hydrogen) atoms. The second kappa shape index (κ2) is 52.9.